The zero-order valence-corrected chi connectivity index (χ0v) is 17.1. The highest BCUT2D eigenvalue weighted by Gasteiger charge is 2.37. The topological polar surface area (TPSA) is 84.1 Å². The van der Waals surface area contributed by atoms with Crippen LogP contribution in [-0.4, -0.2) is 46.7 Å². The largest absolute Gasteiger partial charge is 0.348 e. The lowest BCUT2D eigenvalue weighted by Gasteiger charge is -2.33. The fourth-order valence-electron chi connectivity index (χ4n) is 3.96. The van der Waals surface area contributed by atoms with E-state index in [1.807, 2.05) is 18.2 Å². The van der Waals surface area contributed by atoms with E-state index in [-0.39, 0.29) is 11.6 Å². The average molecular weight is 428 g/mol. The fourth-order valence-corrected chi connectivity index (χ4v) is 4.17. The summed E-state index contributed by atoms with van der Waals surface area (Å²) in [6.45, 7) is 1.86. The molecule has 4 aromatic rings. The van der Waals surface area contributed by atoms with E-state index in [9.17, 15) is 9.18 Å². The highest BCUT2D eigenvalue weighted by molar-refractivity contribution is 6.29. The van der Waals surface area contributed by atoms with Crippen molar-refractivity contribution >= 4 is 23.0 Å². The maximum Gasteiger partial charge on any atom is 0.273 e. The third-order valence-corrected chi connectivity index (χ3v) is 5.74. The number of carbonyl (C=O) groups is 1. The zero-order chi connectivity index (χ0) is 21.0. The van der Waals surface area contributed by atoms with Gasteiger partial charge in [0.1, 0.15) is 23.1 Å². The Labute approximate surface area is 176 Å². The number of carbonyl (C=O) groups excluding carboxylic acids is 1. The first-order valence-electron chi connectivity index (χ1n) is 9.59. The van der Waals surface area contributed by atoms with Crippen molar-refractivity contribution in [3.63, 3.8) is 0 Å². The van der Waals surface area contributed by atoms with Crippen LogP contribution >= 0.6 is 11.6 Å². The molecule has 5 heterocycles. The number of amides is 1. The number of imidazole rings is 1. The van der Waals surface area contributed by atoms with Crippen LogP contribution in [0.2, 0.25) is 5.15 Å². The number of nitrogens with one attached hydrogen (secondary N) is 1. The Morgan fingerprint density at radius 2 is 2.17 bits per heavy atom. The number of hydrogen-bond donors (Lipinski definition) is 1. The highest BCUT2D eigenvalue weighted by Crippen LogP contribution is 2.35. The molecule has 0 bridgehead atoms. The maximum atomic E-state index is 13.7. The molecule has 0 saturated heterocycles. The first-order chi connectivity index (χ1) is 14.4. The molecule has 0 fully saturated rings. The van der Waals surface area contributed by atoms with Gasteiger partial charge < -0.3 is 9.88 Å². The molecule has 0 saturated carbocycles. The zero-order valence-electron chi connectivity index (χ0n) is 16.4. The summed E-state index contributed by atoms with van der Waals surface area (Å²) in [5.74, 6) is -0.251. The highest BCUT2D eigenvalue weighted by atomic mass is 35.5. The molecule has 10 heteroatoms. The fraction of sp³-hybridized carbons (Fsp3) is 0.300. The van der Waals surface area contributed by atoms with Crippen LogP contribution in [0.25, 0.3) is 5.52 Å². The second-order valence-electron chi connectivity index (χ2n) is 7.37. The summed E-state index contributed by atoms with van der Waals surface area (Å²) >= 11 is 6.29. The number of halogens is 2. The Kier molecular flexibility index (Phi) is 4.35. The van der Waals surface area contributed by atoms with Crippen molar-refractivity contribution in [3.8, 4) is 0 Å². The molecule has 1 aliphatic heterocycles. The Morgan fingerprint density at radius 1 is 1.33 bits per heavy atom. The van der Waals surface area contributed by atoms with Gasteiger partial charge in [0.05, 0.1) is 28.9 Å². The molecule has 1 aliphatic rings. The van der Waals surface area contributed by atoms with Crippen LogP contribution < -0.4 is 0 Å². The van der Waals surface area contributed by atoms with Crippen LogP contribution in [0.3, 0.4) is 0 Å². The lowest BCUT2D eigenvalue weighted by atomic mass is 9.99. The number of aromatic amines is 1. The third kappa shape index (κ3) is 2.88. The molecular weight excluding hydrogens is 409 g/mol. The van der Waals surface area contributed by atoms with E-state index in [0.29, 0.717) is 29.5 Å². The SMILES string of the molecule is CC(F)c1cc(C(=O)N2CCc3[nH]cnc3[C@@H]2c2cc3cccc(Cl)n3n2)n(C)n1. The molecule has 154 valence electrons. The second-order valence-corrected chi connectivity index (χ2v) is 7.75. The molecule has 1 amide bonds. The van der Waals surface area contributed by atoms with Gasteiger partial charge in [-0.2, -0.15) is 10.2 Å². The quantitative estimate of drug-likeness (QED) is 0.508. The van der Waals surface area contributed by atoms with E-state index in [0.717, 1.165) is 16.9 Å². The Morgan fingerprint density at radius 3 is 2.90 bits per heavy atom. The van der Waals surface area contributed by atoms with Gasteiger partial charge >= 0.3 is 0 Å². The van der Waals surface area contributed by atoms with E-state index >= 15 is 0 Å². The molecule has 0 spiro atoms. The first kappa shape index (κ1) is 18.8. The predicted molar refractivity (Wildman–Crippen MR) is 108 cm³/mol. The normalized spacial score (nSPS) is 17.3. The number of nitrogens with zero attached hydrogens (tertiary/aromatic N) is 6. The van der Waals surface area contributed by atoms with Crippen molar-refractivity contribution in [2.24, 2.45) is 7.05 Å². The number of H-pyrrole nitrogens is 1. The van der Waals surface area contributed by atoms with Gasteiger partial charge in [-0.3, -0.25) is 9.48 Å². The smallest absolute Gasteiger partial charge is 0.273 e. The summed E-state index contributed by atoms with van der Waals surface area (Å²) in [6, 6.07) is 8.42. The van der Waals surface area contributed by atoms with Crippen molar-refractivity contribution in [2.75, 3.05) is 6.54 Å². The Hall–Kier alpha value is -3.20. The van der Waals surface area contributed by atoms with Crippen LogP contribution in [0.5, 0.6) is 0 Å². The molecule has 5 rings (SSSR count). The minimum Gasteiger partial charge on any atom is -0.348 e. The predicted octanol–water partition coefficient (Wildman–Crippen LogP) is 3.26. The monoisotopic (exact) mass is 427 g/mol. The number of aryl methyl sites for hydroxylation is 1. The number of alkyl halides is 1. The van der Waals surface area contributed by atoms with Crippen LogP contribution in [0.1, 0.15) is 52.4 Å². The Bertz CT molecular complexity index is 1260. The van der Waals surface area contributed by atoms with Gasteiger partial charge in [-0.25, -0.2) is 13.9 Å². The average Bonchev–Trinajstić information content (AvgIpc) is 3.44. The molecule has 0 radical (unpaired) electrons. The maximum absolute atomic E-state index is 13.7. The van der Waals surface area contributed by atoms with Crippen molar-refractivity contribution in [1.82, 2.24) is 34.3 Å². The van der Waals surface area contributed by atoms with Gasteiger partial charge in [0.2, 0.25) is 0 Å². The van der Waals surface area contributed by atoms with Crippen molar-refractivity contribution in [3.05, 3.63) is 70.3 Å². The van der Waals surface area contributed by atoms with E-state index in [1.54, 1.807) is 28.9 Å². The van der Waals surface area contributed by atoms with Crippen molar-refractivity contribution in [1.29, 1.82) is 0 Å². The van der Waals surface area contributed by atoms with Gasteiger partial charge in [0, 0.05) is 25.7 Å². The number of rotatable bonds is 3. The number of fused-ring (bicyclic) bond motifs is 2. The number of pyridine rings is 1. The summed E-state index contributed by atoms with van der Waals surface area (Å²) in [7, 11) is 1.64. The Balaban J connectivity index is 1.62. The third-order valence-electron chi connectivity index (χ3n) is 5.45. The van der Waals surface area contributed by atoms with Gasteiger partial charge in [0.15, 0.2) is 0 Å². The molecule has 1 N–H and O–H groups in total. The molecule has 0 aromatic carbocycles. The van der Waals surface area contributed by atoms with E-state index < -0.39 is 12.2 Å². The molecule has 2 atom stereocenters. The van der Waals surface area contributed by atoms with Gasteiger partial charge in [-0.1, -0.05) is 17.7 Å². The van der Waals surface area contributed by atoms with Gasteiger partial charge in [0.25, 0.3) is 5.91 Å². The van der Waals surface area contributed by atoms with Gasteiger partial charge in [-0.15, -0.1) is 0 Å². The van der Waals surface area contributed by atoms with E-state index in [4.69, 9.17) is 11.6 Å². The first-order valence-corrected chi connectivity index (χ1v) is 9.97. The summed E-state index contributed by atoms with van der Waals surface area (Å²) in [5.41, 5.74) is 3.74. The summed E-state index contributed by atoms with van der Waals surface area (Å²) < 4.78 is 16.8. The molecule has 30 heavy (non-hydrogen) atoms. The lowest BCUT2D eigenvalue weighted by molar-refractivity contribution is 0.0675. The lowest BCUT2D eigenvalue weighted by Crippen LogP contribution is -2.41. The second kappa shape index (κ2) is 6.94. The van der Waals surface area contributed by atoms with Gasteiger partial charge in [-0.05, 0) is 31.2 Å². The van der Waals surface area contributed by atoms with E-state index in [1.165, 1.54) is 17.7 Å². The summed E-state index contributed by atoms with van der Waals surface area (Å²) in [4.78, 5) is 22.8. The molecule has 1 unspecified atom stereocenters. The van der Waals surface area contributed by atoms with Crippen LogP contribution in [0, 0.1) is 0 Å². The van der Waals surface area contributed by atoms with Crippen molar-refractivity contribution in [2.45, 2.75) is 25.6 Å². The molecule has 0 aliphatic carbocycles. The number of hydrogen-bond acceptors (Lipinski definition) is 4. The molecule has 4 aromatic heterocycles. The van der Waals surface area contributed by atoms with E-state index in [2.05, 4.69) is 20.2 Å². The van der Waals surface area contributed by atoms with Crippen LogP contribution in [0.4, 0.5) is 4.39 Å². The minimum atomic E-state index is -1.26. The number of aromatic nitrogens is 6. The molecule has 8 nitrogen and oxygen atoms in total. The molecular formula is C20H19ClFN7O. The summed E-state index contributed by atoms with van der Waals surface area (Å²) in [5, 5.41) is 9.27. The van der Waals surface area contributed by atoms with Crippen LogP contribution in [-0.2, 0) is 13.5 Å². The standard InChI is InChI=1S/C20H19ClFN7O/c1-11(22)14-9-16(27(2)25-14)20(30)28-7-6-13-18(24-10-23-13)19(28)15-8-12-4-3-5-17(21)29(12)26-15/h3-5,8-11,19H,6-7H2,1-2H3,(H,23,24)/t11?,19-/m0/s1. The summed E-state index contributed by atoms with van der Waals surface area (Å²) in [6.07, 6.45) is 1.01. The minimum absolute atomic E-state index is 0.231. The van der Waals surface area contributed by atoms with Crippen molar-refractivity contribution < 1.29 is 9.18 Å². The van der Waals surface area contributed by atoms with Crippen LogP contribution in [0.15, 0.2) is 36.7 Å².